The van der Waals surface area contributed by atoms with E-state index in [2.05, 4.69) is 155 Å². The number of thiophene rings is 1. The van der Waals surface area contributed by atoms with Gasteiger partial charge in [0.25, 0.3) is 0 Å². The Kier molecular flexibility index (Phi) is 4.80. The van der Waals surface area contributed by atoms with E-state index in [4.69, 9.17) is 0 Å². The average molecular weight is 541 g/mol. The third-order valence-electron chi connectivity index (χ3n) is 8.31. The van der Waals surface area contributed by atoms with Crippen LogP contribution >= 0.6 is 11.3 Å². The van der Waals surface area contributed by atoms with Gasteiger partial charge in [0.1, 0.15) is 0 Å². The molecule has 0 aliphatic carbocycles. The first-order chi connectivity index (χ1) is 20.3. The molecule has 0 fully saturated rings. The number of hydrogen-bond acceptors (Lipinski definition) is 1. The number of benzene rings is 6. The molecular weight excluding hydrogens is 516 g/mol. The monoisotopic (exact) mass is 540 g/mol. The second-order valence-electron chi connectivity index (χ2n) is 10.6. The predicted molar refractivity (Wildman–Crippen MR) is 176 cm³/mol. The van der Waals surface area contributed by atoms with Gasteiger partial charge in [0.05, 0.1) is 26.8 Å². The van der Waals surface area contributed by atoms with Crippen LogP contribution in [0.5, 0.6) is 0 Å². The molecule has 0 saturated carbocycles. The van der Waals surface area contributed by atoms with E-state index in [9.17, 15) is 0 Å². The highest BCUT2D eigenvalue weighted by Crippen LogP contribution is 2.44. The van der Waals surface area contributed by atoms with Gasteiger partial charge in [-0.15, -0.1) is 11.3 Å². The molecule has 3 aromatic heterocycles. The summed E-state index contributed by atoms with van der Waals surface area (Å²) < 4.78 is 7.46. The summed E-state index contributed by atoms with van der Waals surface area (Å²) in [6.07, 6.45) is 0. The molecule has 0 bridgehead atoms. The van der Waals surface area contributed by atoms with Crippen LogP contribution in [0, 0.1) is 0 Å². The zero-order chi connectivity index (χ0) is 26.9. The van der Waals surface area contributed by atoms with Crippen molar-refractivity contribution in [1.29, 1.82) is 0 Å². The molecule has 9 rings (SSSR count). The second-order valence-corrected chi connectivity index (χ2v) is 11.7. The maximum absolute atomic E-state index is 2.42. The molecule has 0 spiro atoms. The van der Waals surface area contributed by atoms with Crippen molar-refractivity contribution in [2.45, 2.75) is 0 Å². The van der Waals surface area contributed by atoms with Crippen LogP contribution in [-0.4, -0.2) is 9.13 Å². The maximum Gasteiger partial charge on any atom is 0.0727 e. The van der Waals surface area contributed by atoms with Crippen molar-refractivity contribution in [3.8, 4) is 22.5 Å². The van der Waals surface area contributed by atoms with Gasteiger partial charge in [-0.25, -0.2) is 0 Å². The van der Waals surface area contributed by atoms with Gasteiger partial charge in [0, 0.05) is 37.6 Å². The minimum Gasteiger partial charge on any atom is -0.309 e. The first-order valence-corrected chi connectivity index (χ1v) is 14.8. The van der Waals surface area contributed by atoms with E-state index < -0.39 is 0 Å². The molecule has 3 heterocycles. The lowest BCUT2D eigenvalue weighted by Gasteiger charge is -2.09. The number of para-hydroxylation sites is 4. The van der Waals surface area contributed by atoms with Crippen LogP contribution in [0.2, 0.25) is 0 Å². The van der Waals surface area contributed by atoms with Crippen LogP contribution in [-0.2, 0) is 0 Å². The Labute approximate surface area is 240 Å². The number of nitrogens with zero attached hydrogens (tertiary/aromatic N) is 2. The summed E-state index contributed by atoms with van der Waals surface area (Å²) in [5.74, 6) is 0. The fraction of sp³-hybridized carbons (Fsp3) is 0. The highest BCUT2D eigenvalue weighted by molar-refractivity contribution is 7.26. The first-order valence-electron chi connectivity index (χ1n) is 14.0. The number of fused-ring (bicyclic) bond motifs is 8. The van der Waals surface area contributed by atoms with E-state index in [-0.39, 0.29) is 0 Å². The zero-order valence-electron chi connectivity index (χ0n) is 22.2. The molecule has 0 radical (unpaired) electrons. The number of aromatic nitrogens is 2. The Balaban J connectivity index is 1.26. The van der Waals surface area contributed by atoms with Crippen LogP contribution in [0.1, 0.15) is 0 Å². The van der Waals surface area contributed by atoms with Crippen LogP contribution in [0.25, 0.3) is 75.5 Å². The van der Waals surface area contributed by atoms with Crippen LogP contribution < -0.4 is 0 Å². The minimum atomic E-state index is 1.18. The lowest BCUT2D eigenvalue weighted by atomic mass is 10.0. The molecule has 2 nitrogen and oxygen atoms in total. The van der Waals surface area contributed by atoms with Crippen molar-refractivity contribution in [3.05, 3.63) is 146 Å². The van der Waals surface area contributed by atoms with Crippen LogP contribution in [0.3, 0.4) is 0 Å². The van der Waals surface area contributed by atoms with Gasteiger partial charge in [-0.1, -0.05) is 91.0 Å². The summed E-state index contributed by atoms with van der Waals surface area (Å²) in [5.41, 5.74) is 9.88. The van der Waals surface area contributed by atoms with Crippen molar-refractivity contribution >= 4 is 64.3 Å². The molecular formula is C38H24N2S. The van der Waals surface area contributed by atoms with Crippen LogP contribution in [0.15, 0.2) is 146 Å². The molecule has 0 amide bonds. The maximum atomic E-state index is 2.42. The lowest BCUT2D eigenvalue weighted by molar-refractivity contribution is 1.18. The molecule has 192 valence electrons. The second kappa shape index (κ2) is 8.69. The summed E-state index contributed by atoms with van der Waals surface area (Å²) in [5, 5.41) is 5.17. The molecule has 0 aliphatic rings. The van der Waals surface area contributed by atoms with Crippen molar-refractivity contribution < 1.29 is 0 Å². The van der Waals surface area contributed by atoms with Crippen molar-refractivity contribution in [2.24, 2.45) is 0 Å². The Morgan fingerprint density at radius 2 is 0.951 bits per heavy atom. The standard InChI is InChI=1S/C38H24N2S/c1-3-11-27(12-4-1)39-33-17-9-7-15-29(33)32-23-25(20-22-35(32)39)26-19-21-31-36(24-26)41-38-30-16-8-10-18-34(30)40(37(31)38)28-13-5-2-6-14-28/h1-24H. The minimum absolute atomic E-state index is 1.18. The van der Waals surface area contributed by atoms with Crippen molar-refractivity contribution in [1.82, 2.24) is 9.13 Å². The molecule has 0 unspecified atom stereocenters. The molecule has 0 atom stereocenters. The third-order valence-corrected chi connectivity index (χ3v) is 9.49. The van der Waals surface area contributed by atoms with Crippen LogP contribution in [0.4, 0.5) is 0 Å². The summed E-state index contributed by atoms with van der Waals surface area (Å²) in [7, 11) is 0. The number of hydrogen-bond donors (Lipinski definition) is 0. The van der Waals surface area contributed by atoms with Gasteiger partial charge in [-0.05, 0) is 65.7 Å². The van der Waals surface area contributed by atoms with Gasteiger partial charge in [0.15, 0.2) is 0 Å². The highest BCUT2D eigenvalue weighted by Gasteiger charge is 2.18. The third kappa shape index (κ3) is 3.30. The first kappa shape index (κ1) is 22.7. The van der Waals surface area contributed by atoms with Gasteiger partial charge < -0.3 is 9.13 Å². The SMILES string of the molecule is c1ccc(-n2c3ccccc3c3cc(-c4ccc5c(c4)sc4c6ccccc6n(-c6ccccc6)c54)ccc32)cc1. The largest absolute Gasteiger partial charge is 0.309 e. The smallest absolute Gasteiger partial charge is 0.0727 e. The molecule has 41 heavy (non-hydrogen) atoms. The van der Waals surface area contributed by atoms with Gasteiger partial charge in [-0.3, -0.25) is 0 Å². The number of rotatable bonds is 3. The zero-order valence-corrected chi connectivity index (χ0v) is 23.0. The fourth-order valence-corrected chi connectivity index (χ4v) is 7.76. The molecule has 9 aromatic rings. The van der Waals surface area contributed by atoms with E-state index in [0.29, 0.717) is 0 Å². The Morgan fingerprint density at radius 3 is 1.71 bits per heavy atom. The summed E-state index contributed by atoms with van der Waals surface area (Å²) >= 11 is 1.90. The van der Waals surface area contributed by atoms with Gasteiger partial charge in [-0.2, -0.15) is 0 Å². The quantitative estimate of drug-likeness (QED) is 0.211. The summed E-state index contributed by atoms with van der Waals surface area (Å²) in [6.45, 7) is 0. The molecule has 6 aromatic carbocycles. The van der Waals surface area contributed by atoms with E-state index in [0.717, 1.165) is 0 Å². The normalized spacial score (nSPS) is 11.9. The topological polar surface area (TPSA) is 9.86 Å². The predicted octanol–water partition coefficient (Wildman–Crippen LogP) is 10.8. The van der Waals surface area contributed by atoms with E-state index in [1.165, 1.54) is 75.5 Å². The van der Waals surface area contributed by atoms with Gasteiger partial charge >= 0.3 is 0 Å². The van der Waals surface area contributed by atoms with E-state index in [1.54, 1.807) is 0 Å². The van der Waals surface area contributed by atoms with Gasteiger partial charge in [0.2, 0.25) is 0 Å². The van der Waals surface area contributed by atoms with Crippen molar-refractivity contribution in [2.75, 3.05) is 0 Å². The Bertz CT molecular complexity index is 2410. The Hall–Kier alpha value is -5.12. The molecule has 0 aliphatic heterocycles. The summed E-state index contributed by atoms with van der Waals surface area (Å²) in [4.78, 5) is 0. The molecule has 3 heteroatoms. The lowest BCUT2D eigenvalue weighted by Crippen LogP contribution is -1.93. The fourth-order valence-electron chi connectivity index (χ4n) is 6.50. The highest BCUT2D eigenvalue weighted by atomic mass is 32.1. The summed E-state index contributed by atoms with van der Waals surface area (Å²) in [6, 6.07) is 52.8. The molecule has 0 saturated heterocycles. The average Bonchev–Trinajstić information content (AvgIpc) is 3.68. The van der Waals surface area contributed by atoms with E-state index in [1.807, 2.05) is 11.3 Å². The Morgan fingerprint density at radius 1 is 0.390 bits per heavy atom. The molecule has 0 N–H and O–H groups in total. The van der Waals surface area contributed by atoms with Crippen molar-refractivity contribution in [3.63, 3.8) is 0 Å². The van der Waals surface area contributed by atoms with E-state index >= 15 is 0 Å².